The molecule has 1 atom stereocenters. The van der Waals surface area contributed by atoms with Crippen LogP contribution < -0.4 is 0 Å². The summed E-state index contributed by atoms with van der Waals surface area (Å²) < 4.78 is 0. The van der Waals surface area contributed by atoms with E-state index in [0.717, 1.165) is 12.0 Å². The van der Waals surface area contributed by atoms with Crippen molar-refractivity contribution in [3.63, 3.8) is 0 Å². The molecule has 1 amide bonds. The second-order valence-electron chi connectivity index (χ2n) is 5.62. The first-order valence-corrected chi connectivity index (χ1v) is 8.24. The van der Waals surface area contributed by atoms with Crippen LogP contribution in [0, 0.1) is 0 Å². The third kappa shape index (κ3) is 5.55. The molecule has 0 fully saturated rings. The molecule has 1 rings (SSSR count). The van der Waals surface area contributed by atoms with Crippen LogP contribution in [0.4, 0.5) is 0 Å². The number of rotatable bonds is 7. The van der Waals surface area contributed by atoms with Crippen molar-refractivity contribution in [1.29, 1.82) is 0 Å². The fraction of sp³-hybridized carbons (Fsp3) is 0.562. The van der Waals surface area contributed by atoms with Crippen LogP contribution in [0.1, 0.15) is 32.8 Å². The number of carbonyl (C=O) groups is 1. The molecule has 3 nitrogen and oxygen atoms in total. The third-order valence-electron chi connectivity index (χ3n) is 3.04. The maximum Gasteiger partial charge on any atom is 0.236 e. The predicted molar refractivity (Wildman–Crippen MR) is 85.8 cm³/mol. The smallest absolute Gasteiger partial charge is 0.236 e. The zero-order chi connectivity index (χ0) is 15.2. The normalized spacial score (nSPS) is 13.1. The lowest BCUT2D eigenvalue weighted by molar-refractivity contribution is -0.134. The Bertz CT molecular complexity index is 410. The number of amides is 1. The van der Waals surface area contributed by atoms with Crippen LogP contribution >= 0.6 is 11.8 Å². The van der Waals surface area contributed by atoms with Gasteiger partial charge in [-0.3, -0.25) is 4.79 Å². The first kappa shape index (κ1) is 17.1. The van der Waals surface area contributed by atoms with E-state index in [4.69, 9.17) is 0 Å². The number of hydrogen-bond acceptors (Lipinski definition) is 3. The maximum absolute atomic E-state index is 12.6. The Morgan fingerprint density at radius 1 is 1.35 bits per heavy atom. The van der Waals surface area contributed by atoms with Gasteiger partial charge in [-0.1, -0.05) is 37.3 Å². The second kappa shape index (κ2) is 7.70. The summed E-state index contributed by atoms with van der Waals surface area (Å²) >= 11 is 1.57. The van der Waals surface area contributed by atoms with E-state index in [9.17, 15) is 9.90 Å². The van der Waals surface area contributed by atoms with Gasteiger partial charge < -0.3 is 10.0 Å². The Hall–Kier alpha value is -1.00. The van der Waals surface area contributed by atoms with Crippen molar-refractivity contribution in [3.05, 3.63) is 35.9 Å². The van der Waals surface area contributed by atoms with Gasteiger partial charge in [0, 0.05) is 13.1 Å². The number of benzene rings is 1. The number of nitrogens with zero attached hydrogens (tertiary/aromatic N) is 1. The van der Waals surface area contributed by atoms with Gasteiger partial charge in [0.15, 0.2) is 0 Å². The van der Waals surface area contributed by atoms with Crippen molar-refractivity contribution in [2.24, 2.45) is 0 Å². The molecule has 1 aromatic rings. The zero-order valence-corrected chi connectivity index (χ0v) is 13.6. The van der Waals surface area contributed by atoms with Crippen LogP contribution in [0.15, 0.2) is 30.3 Å². The van der Waals surface area contributed by atoms with Gasteiger partial charge in [0.2, 0.25) is 5.91 Å². The molecule has 0 aliphatic carbocycles. The molecule has 0 aliphatic rings. The molecule has 0 aliphatic heterocycles. The predicted octanol–water partition coefficient (Wildman–Crippen LogP) is 2.93. The molecule has 4 heteroatoms. The fourth-order valence-corrected chi connectivity index (χ4v) is 2.81. The minimum atomic E-state index is -0.888. The van der Waals surface area contributed by atoms with Gasteiger partial charge in [0.25, 0.3) is 0 Å². The molecule has 0 aromatic heterocycles. The summed E-state index contributed by atoms with van der Waals surface area (Å²) in [5.74, 6) is 0.103. The van der Waals surface area contributed by atoms with Crippen molar-refractivity contribution in [1.82, 2.24) is 4.90 Å². The molecule has 1 N–H and O–H groups in total. The quantitative estimate of drug-likeness (QED) is 0.841. The standard InChI is InChI=1S/C16H25NO2S/c1-5-14(20-4)15(18)17(12-16(2,3)19)11-13-9-7-6-8-10-13/h6-10,14,19H,5,11-12H2,1-4H3. The summed E-state index contributed by atoms with van der Waals surface area (Å²) in [6, 6.07) is 9.90. The Kier molecular flexibility index (Phi) is 6.56. The van der Waals surface area contributed by atoms with Gasteiger partial charge in [0.1, 0.15) is 0 Å². The molecule has 0 heterocycles. The van der Waals surface area contributed by atoms with Gasteiger partial charge >= 0.3 is 0 Å². The van der Waals surface area contributed by atoms with Crippen LogP contribution in [0.2, 0.25) is 0 Å². The molecule has 0 radical (unpaired) electrons. The maximum atomic E-state index is 12.6. The monoisotopic (exact) mass is 295 g/mol. The first-order chi connectivity index (χ1) is 9.37. The van der Waals surface area contributed by atoms with Crippen molar-refractivity contribution in [2.45, 2.75) is 44.6 Å². The van der Waals surface area contributed by atoms with E-state index in [0.29, 0.717) is 13.1 Å². The van der Waals surface area contributed by atoms with Gasteiger partial charge in [-0.25, -0.2) is 0 Å². The van der Waals surface area contributed by atoms with E-state index in [1.54, 1.807) is 30.5 Å². The van der Waals surface area contributed by atoms with E-state index in [1.807, 2.05) is 43.5 Å². The summed E-state index contributed by atoms with van der Waals surface area (Å²) in [6.07, 6.45) is 2.76. The molecule has 112 valence electrons. The fourth-order valence-electron chi connectivity index (χ4n) is 2.13. The Morgan fingerprint density at radius 3 is 2.40 bits per heavy atom. The summed E-state index contributed by atoms with van der Waals surface area (Å²) in [7, 11) is 0. The first-order valence-electron chi connectivity index (χ1n) is 6.95. The molecule has 0 saturated carbocycles. The zero-order valence-electron chi connectivity index (χ0n) is 12.8. The second-order valence-corrected chi connectivity index (χ2v) is 6.67. The molecule has 20 heavy (non-hydrogen) atoms. The molecule has 0 spiro atoms. The number of hydrogen-bond donors (Lipinski definition) is 1. The molecular formula is C16H25NO2S. The summed E-state index contributed by atoms with van der Waals surface area (Å²) in [6.45, 7) is 6.37. The number of thioether (sulfide) groups is 1. The lowest BCUT2D eigenvalue weighted by Crippen LogP contribution is -2.45. The highest BCUT2D eigenvalue weighted by Gasteiger charge is 2.27. The lowest BCUT2D eigenvalue weighted by atomic mass is 10.1. The number of carbonyl (C=O) groups excluding carboxylic acids is 1. The van der Waals surface area contributed by atoms with Gasteiger partial charge in [-0.05, 0) is 32.1 Å². The summed E-state index contributed by atoms with van der Waals surface area (Å²) in [5, 5.41) is 10.0. The van der Waals surface area contributed by atoms with Crippen molar-refractivity contribution in [2.75, 3.05) is 12.8 Å². The largest absolute Gasteiger partial charge is 0.389 e. The van der Waals surface area contributed by atoms with Gasteiger partial charge in [-0.15, -0.1) is 0 Å². The minimum absolute atomic E-state index is 0.0407. The third-order valence-corrected chi connectivity index (χ3v) is 4.14. The van der Waals surface area contributed by atoms with E-state index >= 15 is 0 Å². The molecule has 1 unspecified atom stereocenters. The van der Waals surface area contributed by atoms with Gasteiger partial charge in [-0.2, -0.15) is 11.8 Å². The Balaban J connectivity index is 2.87. The van der Waals surface area contributed by atoms with Crippen molar-refractivity contribution < 1.29 is 9.90 Å². The van der Waals surface area contributed by atoms with Crippen LogP contribution in [-0.4, -0.2) is 39.6 Å². The van der Waals surface area contributed by atoms with E-state index in [1.165, 1.54) is 0 Å². The molecule has 1 aromatic carbocycles. The highest BCUT2D eigenvalue weighted by molar-refractivity contribution is 7.99. The number of aliphatic hydroxyl groups is 1. The SMILES string of the molecule is CCC(SC)C(=O)N(Cc1ccccc1)CC(C)(C)O. The Morgan fingerprint density at radius 2 is 1.95 bits per heavy atom. The van der Waals surface area contributed by atoms with Crippen LogP contribution in [0.25, 0.3) is 0 Å². The highest BCUT2D eigenvalue weighted by atomic mass is 32.2. The molecular weight excluding hydrogens is 270 g/mol. The lowest BCUT2D eigenvalue weighted by Gasteiger charge is -2.31. The van der Waals surface area contributed by atoms with E-state index in [-0.39, 0.29) is 11.2 Å². The average molecular weight is 295 g/mol. The minimum Gasteiger partial charge on any atom is -0.389 e. The van der Waals surface area contributed by atoms with Crippen LogP contribution in [0.5, 0.6) is 0 Å². The van der Waals surface area contributed by atoms with E-state index < -0.39 is 5.60 Å². The average Bonchev–Trinajstić information content (AvgIpc) is 2.39. The highest BCUT2D eigenvalue weighted by Crippen LogP contribution is 2.18. The van der Waals surface area contributed by atoms with Crippen molar-refractivity contribution in [3.8, 4) is 0 Å². The van der Waals surface area contributed by atoms with Gasteiger partial charge in [0.05, 0.1) is 10.9 Å². The summed E-state index contributed by atoms with van der Waals surface area (Å²) in [5.41, 5.74) is 0.197. The van der Waals surface area contributed by atoms with Crippen LogP contribution in [-0.2, 0) is 11.3 Å². The molecule has 0 saturated heterocycles. The topological polar surface area (TPSA) is 40.5 Å². The van der Waals surface area contributed by atoms with Crippen LogP contribution in [0.3, 0.4) is 0 Å². The van der Waals surface area contributed by atoms with E-state index in [2.05, 4.69) is 0 Å². The molecule has 0 bridgehead atoms. The van der Waals surface area contributed by atoms with Crippen molar-refractivity contribution >= 4 is 17.7 Å². The summed E-state index contributed by atoms with van der Waals surface area (Å²) in [4.78, 5) is 14.3. The Labute approximate surface area is 126 Å².